The van der Waals surface area contributed by atoms with Crippen LogP contribution in [-0.2, 0) is 14.3 Å². The molecule has 0 bridgehead atoms. The predicted molar refractivity (Wildman–Crippen MR) is 98.9 cm³/mol. The molecular formula is C20H25NO5. The first kappa shape index (κ1) is 19.6. The Hall–Kier alpha value is -2.76. The number of nitrogens with zero attached hydrogens (tertiary/aromatic N) is 1. The van der Waals surface area contributed by atoms with Crippen molar-refractivity contribution in [1.29, 1.82) is 0 Å². The summed E-state index contributed by atoms with van der Waals surface area (Å²) in [6.07, 6.45) is 3.48. The molecule has 0 N–H and O–H groups in total. The molecule has 1 aliphatic heterocycles. The number of ether oxygens (including phenoxy) is 3. The lowest BCUT2D eigenvalue weighted by molar-refractivity contribution is -0.136. The maximum absolute atomic E-state index is 12.9. The number of hydrogen-bond donors (Lipinski definition) is 0. The third-order valence-electron chi connectivity index (χ3n) is 4.38. The first-order valence-corrected chi connectivity index (χ1v) is 8.53. The van der Waals surface area contributed by atoms with E-state index in [1.807, 2.05) is 0 Å². The normalized spacial score (nSPS) is 15.7. The largest absolute Gasteiger partial charge is 0.497 e. The second kappa shape index (κ2) is 8.56. The van der Waals surface area contributed by atoms with Gasteiger partial charge in [-0.3, -0.25) is 4.79 Å². The van der Waals surface area contributed by atoms with Gasteiger partial charge >= 0.3 is 5.97 Å². The molecule has 0 fully saturated rings. The van der Waals surface area contributed by atoms with Crippen molar-refractivity contribution < 1.29 is 23.8 Å². The second-order valence-corrected chi connectivity index (χ2v) is 5.93. The lowest BCUT2D eigenvalue weighted by Crippen LogP contribution is -2.26. The van der Waals surface area contributed by atoms with E-state index < -0.39 is 5.97 Å². The molecule has 26 heavy (non-hydrogen) atoms. The van der Waals surface area contributed by atoms with Crippen LogP contribution in [0, 0.1) is 0 Å². The van der Waals surface area contributed by atoms with E-state index >= 15 is 0 Å². The van der Waals surface area contributed by atoms with Gasteiger partial charge in [0.2, 0.25) is 0 Å². The van der Waals surface area contributed by atoms with Crippen LogP contribution in [0.5, 0.6) is 11.5 Å². The van der Waals surface area contributed by atoms with Crippen LogP contribution >= 0.6 is 0 Å². The molecule has 0 saturated carbocycles. The van der Waals surface area contributed by atoms with E-state index in [0.717, 1.165) is 12.8 Å². The van der Waals surface area contributed by atoms with E-state index in [9.17, 15) is 9.59 Å². The molecule has 6 heteroatoms. The second-order valence-electron chi connectivity index (χ2n) is 5.93. The van der Waals surface area contributed by atoms with Crippen molar-refractivity contribution in [2.45, 2.75) is 26.7 Å². The van der Waals surface area contributed by atoms with Gasteiger partial charge in [-0.25, -0.2) is 4.79 Å². The Kier molecular flexibility index (Phi) is 6.44. The fraction of sp³-hybridized carbons (Fsp3) is 0.400. The highest BCUT2D eigenvalue weighted by Gasteiger charge is 2.36. The molecule has 0 spiro atoms. The van der Waals surface area contributed by atoms with Crippen molar-refractivity contribution in [3.63, 3.8) is 0 Å². The topological polar surface area (TPSA) is 65.1 Å². The number of unbranched alkanes of at least 4 members (excludes halogenated alkanes) is 1. The lowest BCUT2D eigenvalue weighted by atomic mass is 10.0. The zero-order chi connectivity index (χ0) is 19.3. The minimum Gasteiger partial charge on any atom is -0.497 e. The van der Waals surface area contributed by atoms with Crippen LogP contribution in [0.2, 0.25) is 0 Å². The molecule has 1 aromatic carbocycles. The van der Waals surface area contributed by atoms with Gasteiger partial charge in [-0.15, -0.1) is 0 Å². The van der Waals surface area contributed by atoms with E-state index in [0.29, 0.717) is 40.5 Å². The fourth-order valence-corrected chi connectivity index (χ4v) is 2.91. The average molecular weight is 359 g/mol. The average Bonchev–Trinajstić information content (AvgIpc) is 2.89. The molecule has 140 valence electrons. The van der Waals surface area contributed by atoms with Crippen molar-refractivity contribution in [2.75, 3.05) is 27.9 Å². The molecule has 1 heterocycles. The van der Waals surface area contributed by atoms with Gasteiger partial charge in [0.1, 0.15) is 11.5 Å². The highest BCUT2D eigenvalue weighted by molar-refractivity contribution is 6.16. The summed E-state index contributed by atoms with van der Waals surface area (Å²) in [5, 5.41) is 0. The van der Waals surface area contributed by atoms with Gasteiger partial charge in [-0.2, -0.15) is 0 Å². The van der Waals surface area contributed by atoms with Crippen molar-refractivity contribution >= 4 is 18.0 Å². The molecule has 0 atom stereocenters. The molecule has 0 unspecified atom stereocenters. The number of carbonyl (C=O) groups is 2. The Labute approximate surface area is 154 Å². The minimum atomic E-state index is -0.520. The van der Waals surface area contributed by atoms with Crippen molar-refractivity contribution in [1.82, 2.24) is 4.90 Å². The molecule has 2 rings (SSSR count). The molecule has 0 aliphatic carbocycles. The highest BCUT2D eigenvalue weighted by Crippen LogP contribution is 2.34. The Bertz CT molecular complexity index is 763. The zero-order valence-electron chi connectivity index (χ0n) is 15.9. The van der Waals surface area contributed by atoms with Crippen LogP contribution < -0.4 is 9.47 Å². The molecule has 6 nitrogen and oxygen atoms in total. The molecule has 0 radical (unpaired) electrons. The first-order valence-electron chi connectivity index (χ1n) is 8.53. The van der Waals surface area contributed by atoms with E-state index in [1.54, 1.807) is 50.3 Å². The monoisotopic (exact) mass is 359 g/mol. The molecule has 1 amide bonds. The summed E-state index contributed by atoms with van der Waals surface area (Å²) in [6.45, 7) is 4.39. The molecule has 0 aromatic heterocycles. The van der Waals surface area contributed by atoms with Crippen LogP contribution in [0.1, 0.15) is 32.3 Å². The Balaban J connectivity index is 2.53. The predicted octanol–water partition coefficient (Wildman–Crippen LogP) is 3.18. The van der Waals surface area contributed by atoms with Crippen LogP contribution in [-0.4, -0.2) is 44.7 Å². The van der Waals surface area contributed by atoms with Crippen molar-refractivity contribution in [3.05, 3.63) is 40.6 Å². The Morgan fingerprint density at radius 3 is 2.50 bits per heavy atom. The number of rotatable bonds is 7. The number of benzene rings is 1. The van der Waals surface area contributed by atoms with Gasteiger partial charge in [0, 0.05) is 23.9 Å². The van der Waals surface area contributed by atoms with Gasteiger partial charge in [-0.1, -0.05) is 13.3 Å². The SMILES string of the molecule is CCCCN1C(=O)/C(=C\c2ccc(OC)cc2OC)C(C(=O)OC)=C1C. The summed E-state index contributed by atoms with van der Waals surface area (Å²) in [4.78, 5) is 26.9. The summed E-state index contributed by atoms with van der Waals surface area (Å²) in [5.74, 6) is 0.479. The van der Waals surface area contributed by atoms with Gasteiger partial charge in [0.15, 0.2) is 0 Å². The van der Waals surface area contributed by atoms with Gasteiger partial charge < -0.3 is 19.1 Å². The fourth-order valence-electron chi connectivity index (χ4n) is 2.91. The van der Waals surface area contributed by atoms with Crippen molar-refractivity contribution in [3.8, 4) is 11.5 Å². The van der Waals surface area contributed by atoms with E-state index in [2.05, 4.69) is 6.92 Å². The number of carbonyl (C=O) groups excluding carboxylic acids is 2. The van der Waals surface area contributed by atoms with Gasteiger partial charge in [-0.05, 0) is 31.6 Å². The lowest BCUT2D eigenvalue weighted by Gasteiger charge is -2.17. The number of allylic oxidation sites excluding steroid dienone is 1. The zero-order valence-corrected chi connectivity index (χ0v) is 15.9. The van der Waals surface area contributed by atoms with E-state index in [-0.39, 0.29) is 5.91 Å². The Morgan fingerprint density at radius 2 is 1.92 bits per heavy atom. The van der Waals surface area contributed by atoms with Crippen LogP contribution in [0.25, 0.3) is 6.08 Å². The van der Waals surface area contributed by atoms with Crippen LogP contribution in [0.4, 0.5) is 0 Å². The molecule has 0 saturated heterocycles. The summed E-state index contributed by atoms with van der Waals surface area (Å²) in [7, 11) is 4.43. The Morgan fingerprint density at radius 1 is 1.19 bits per heavy atom. The number of esters is 1. The van der Waals surface area contributed by atoms with E-state index in [1.165, 1.54) is 7.11 Å². The summed E-state index contributed by atoms with van der Waals surface area (Å²) in [6, 6.07) is 5.30. The third kappa shape index (κ3) is 3.74. The van der Waals surface area contributed by atoms with Gasteiger partial charge in [0.25, 0.3) is 5.91 Å². The van der Waals surface area contributed by atoms with Gasteiger partial charge in [0.05, 0.1) is 32.5 Å². The van der Waals surface area contributed by atoms with Crippen LogP contribution in [0.3, 0.4) is 0 Å². The third-order valence-corrected chi connectivity index (χ3v) is 4.38. The smallest absolute Gasteiger partial charge is 0.340 e. The maximum atomic E-state index is 12.9. The summed E-state index contributed by atoms with van der Waals surface area (Å²) < 4.78 is 15.5. The number of amides is 1. The minimum absolute atomic E-state index is 0.200. The number of hydrogen-bond acceptors (Lipinski definition) is 5. The standard InChI is InChI=1S/C20H25NO5/c1-6-7-10-21-13(2)18(20(23)26-5)16(19(21)22)11-14-8-9-15(24-3)12-17(14)25-4/h8-9,11-12H,6-7,10H2,1-5H3/b16-11-. The van der Waals surface area contributed by atoms with Crippen molar-refractivity contribution in [2.24, 2.45) is 0 Å². The quantitative estimate of drug-likeness (QED) is 0.553. The van der Waals surface area contributed by atoms with E-state index in [4.69, 9.17) is 14.2 Å². The van der Waals surface area contributed by atoms with Crippen LogP contribution in [0.15, 0.2) is 35.0 Å². The maximum Gasteiger partial charge on any atom is 0.340 e. The molecule has 1 aliphatic rings. The number of methoxy groups -OCH3 is 3. The highest BCUT2D eigenvalue weighted by atomic mass is 16.5. The first-order chi connectivity index (χ1) is 12.5. The summed E-state index contributed by atoms with van der Waals surface area (Å²) in [5.41, 5.74) is 1.91. The molecule has 1 aromatic rings. The summed E-state index contributed by atoms with van der Waals surface area (Å²) >= 11 is 0. The molecular weight excluding hydrogens is 334 g/mol.